The monoisotopic (exact) mass is 312 g/mol. The lowest BCUT2D eigenvalue weighted by Crippen LogP contribution is -2.25. The van der Waals surface area contributed by atoms with Crippen LogP contribution in [0.1, 0.15) is 26.2 Å². The fourth-order valence-electron chi connectivity index (χ4n) is 2.95. The number of hydrogen-bond donors (Lipinski definition) is 1. The van der Waals surface area contributed by atoms with Gasteiger partial charge in [0.05, 0.1) is 6.33 Å². The maximum atomic E-state index is 12.6. The lowest BCUT2D eigenvalue weighted by molar-refractivity contribution is 0.315. The summed E-state index contributed by atoms with van der Waals surface area (Å²) in [6.45, 7) is 5.02. The molecular formula is C18H24N4O. The first-order valence-electron chi connectivity index (χ1n) is 8.35. The molecule has 23 heavy (non-hydrogen) atoms. The van der Waals surface area contributed by atoms with Crippen molar-refractivity contribution < 1.29 is 0 Å². The lowest BCUT2D eigenvalue weighted by atomic mass is 10.2. The summed E-state index contributed by atoms with van der Waals surface area (Å²) >= 11 is 0. The summed E-state index contributed by atoms with van der Waals surface area (Å²) < 4.78 is 1.71. The highest BCUT2D eigenvalue weighted by Gasteiger charge is 2.10. The van der Waals surface area contributed by atoms with Crippen molar-refractivity contribution in [2.75, 3.05) is 20.1 Å². The summed E-state index contributed by atoms with van der Waals surface area (Å²) in [6, 6.07) is 7.90. The fraction of sp³-hybridized carbons (Fsp3) is 0.444. The van der Waals surface area contributed by atoms with Crippen molar-refractivity contribution in [3.63, 3.8) is 0 Å². The van der Waals surface area contributed by atoms with Crippen LogP contribution in [0.15, 0.2) is 35.4 Å². The standard InChI is InChI=1S/C18H24N4O/c1-3-4-10-21(2)11-7-12-22-13-19-16-14-8-5-6-9-15(14)20-17(16)18(22)23/h5-6,8-9,13,20H,3-4,7,10-12H2,1-2H3. The van der Waals surface area contributed by atoms with Crippen molar-refractivity contribution in [3.05, 3.63) is 40.9 Å². The predicted octanol–water partition coefficient (Wildman–Crippen LogP) is 3.00. The third-order valence-electron chi connectivity index (χ3n) is 4.31. The molecule has 0 bridgehead atoms. The highest BCUT2D eigenvalue weighted by molar-refractivity contribution is 6.04. The maximum Gasteiger partial charge on any atom is 0.277 e. The first kappa shape index (κ1) is 15.7. The normalized spacial score (nSPS) is 11.8. The molecule has 0 aliphatic heterocycles. The molecule has 0 saturated carbocycles. The fourth-order valence-corrected chi connectivity index (χ4v) is 2.95. The number of para-hydroxylation sites is 1. The summed E-state index contributed by atoms with van der Waals surface area (Å²) in [7, 11) is 2.14. The zero-order valence-corrected chi connectivity index (χ0v) is 13.9. The third-order valence-corrected chi connectivity index (χ3v) is 4.31. The van der Waals surface area contributed by atoms with E-state index in [1.54, 1.807) is 10.9 Å². The molecule has 0 aliphatic rings. The number of H-pyrrole nitrogens is 1. The minimum atomic E-state index is 0.0161. The number of nitrogens with zero attached hydrogens (tertiary/aromatic N) is 3. The number of hydrogen-bond acceptors (Lipinski definition) is 3. The Kier molecular flexibility index (Phi) is 4.76. The van der Waals surface area contributed by atoms with Crippen LogP contribution in [-0.2, 0) is 6.54 Å². The number of aromatic nitrogens is 3. The lowest BCUT2D eigenvalue weighted by Gasteiger charge is -2.16. The van der Waals surface area contributed by atoms with Crippen LogP contribution < -0.4 is 5.56 Å². The number of unbranched alkanes of at least 4 members (excludes halogenated alkanes) is 1. The largest absolute Gasteiger partial charge is 0.349 e. The number of fused-ring (bicyclic) bond motifs is 3. The molecule has 0 atom stereocenters. The van der Waals surface area contributed by atoms with Crippen LogP contribution in [0.3, 0.4) is 0 Å². The van der Waals surface area contributed by atoms with Gasteiger partial charge in [-0.2, -0.15) is 0 Å². The number of nitrogens with one attached hydrogen (secondary N) is 1. The Balaban J connectivity index is 1.76. The van der Waals surface area contributed by atoms with E-state index in [1.807, 2.05) is 24.3 Å². The smallest absolute Gasteiger partial charge is 0.277 e. The molecular weight excluding hydrogens is 288 g/mol. The summed E-state index contributed by atoms with van der Waals surface area (Å²) in [4.78, 5) is 22.6. The van der Waals surface area contributed by atoms with Crippen LogP contribution >= 0.6 is 0 Å². The zero-order valence-electron chi connectivity index (χ0n) is 13.9. The highest BCUT2D eigenvalue weighted by atomic mass is 16.1. The molecule has 0 saturated heterocycles. The average molecular weight is 312 g/mol. The van der Waals surface area contributed by atoms with E-state index in [2.05, 4.69) is 28.8 Å². The molecule has 0 amide bonds. The van der Waals surface area contributed by atoms with Gasteiger partial charge in [-0.1, -0.05) is 31.5 Å². The van der Waals surface area contributed by atoms with E-state index in [9.17, 15) is 4.79 Å². The van der Waals surface area contributed by atoms with Crippen molar-refractivity contribution in [1.29, 1.82) is 0 Å². The van der Waals surface area contributed by atoms with Gasteiger partial charge in [-0.25, -0.2) is 4.98 Å². The van der Waals surface area contributed by atoms with Crippen LogP contribution in [0.25, 0.3) is 21.9 Å². The zero-order chi connectivity index (χ0) is 16.2. The predicted molar refractivity (Wildman–Crippen MR) is 94.9 cm³/mol. The first-order chi connectivity index (χ1) is 11.2. The molecule has 0 spiro atoms. The first-order valence-corrected chi connectivity index (χ1v) is 8.35. The van der Waals surface area contributed by atoms with Gasteiger partial charge in [-0.3, -0.25) is 9.36 Å². The van der Waals surface area contributed by atoms with Gasteiger partial charge in [-0.05, 0) is 39.0 Å². The molecule has 1 aromatic carbocycles. The molecule has 5 nitrogen and oxygen atoms in total. The van der Waals surface area contributed by atoms with Crippen LogP contribution in [0, 0.1) is 0 Å². The van der Waals surface area contributed by atoms with Gasteiger partial charge in [0.25, 0.3) is 5.56 Å². The van der Waals surface area contributed by atoms with Crippen LogP contribution in [-0.4, -0.2) is 39.6 Å². The Morgan fingerprint density at radius 3 is 2.83 bits per heavy atom. The molecule has 2 heterocycles. The molecule has 0 radical (unpaired) electrons. The van der Waals surface area contributed by atoms with Gasteiger partial charge in [0.1, 0.15) is 11.0 Å². The minimum absolute atomic E-state index is 0.0161. The van der Waals surface area contributed by atoms with Crippen molar-refractivity contribution in [3.8, 4) is 0 Å². The van der Waals surface area contributed by atoms with Crippen molar-refractivity contribution >= 4 is 21.9 Å². The molecule has 5 heteroatoms. The van der Waals surface area contributed by atoms with E-state index in [1.165, 1.54) is 12.8 Å². The highest BCUT2D eigenvalue weighted by Crippen LogP contribution is 2.20. The summed E-state index contributed by atoms with van der Waals surface area (Å²) in [6.07, 6.45) is 5.06. The van der Waals surface area contributed by atoms with Crippen molar-refractivity contribution in [1.82, 2.24) is 19.4 Å². The van der Waals surface area contributed by atoms with E-state index in [-0.39, 0.29) is 5.56 Å². The van der Waals surface area contributed by atoms with Gasteiger partial charge < -0.3 is 9.88 Å². The Hall–Kier alpha value is -2.14. The van der Waals surface area contributed by atoms with Crippen LogP contribution in [0.5, 0.6) is 0 Å². The molecule has 2 aromatic heterocycles. The van der Waals surface area contributed by atoms with Gasteiger partial charge in [0, 0.05) is 17.4 Å². The van der Waals surface area contributed by atoms with Crippen LogP contribution in [0.2, 0.25) is 0 Å². The molecule has 1 N–H and O–H groups in total. The Morgan fingerprint density at radius 2 is 2.00 bits per heavy atom. The van der Waals surface area contributed by atoms with Gasteiger partial charge >= 0.3 is 0 Å². The Labute approximate surface area is 135 Å². The van der Waals surface area contributed by atoms with E-state index in [0.29, 0.717) is 12.1 Å². The Bertz CT molecular complexity index is 849. The topological polar surface area (TPSA) is 53.9 Å². The van der Waals surface area contributed by atoms with E-state index in [0.717, 1.165) is 35.9 Å². The Morgan fingerprint density at radius 1 is 1.22 bits per heavy atom. The number of aromatic amines is 1. The maximum absolute atomic E-state index is 12.6. The van der Waals surface area contributed by atoms with Gasteiger partial charge in [0.2, 0.25) is 0 Å². The number of benzene rings is 1. The quantitative estimate of drug-likeness (QED) is 0.729. The molecule has 122 valence electrons. The van der Waals surface area contributed by atoms with E-state index in [4.69, 9.17) is 0 Å². The molecule has 0 unspecified atom stereocenters. The van der Waals surface area contributed by atoms with Crippen LogP contribution in [0.4, 0.5) is 0 Å². The van der Waals surface area contributed by atoms with Crippen molar-refractivity contribution in [2.24, 2.45) is 0 Å². The minimum Gasteiger partial charge on any atom is -0.349 e. The molecule has 0 aliphatic carbocycles. The second-order valence-corrected chi connectivity index (χ2v) is 6.15. The second kappa shape index (κ2) is 6.96. The van der Waals surface area contributed by atoms with Gasteiger partial charge in [-0.15, -0.1) is 0 Å². The molecule has 3 rings (SSSR count). The van der Waals surface area contributed by atoms with Gasteiger partial charge in [0.15, 0.2) is 0 Å². The summed E-state index contributed by atoms with van der Waals surface area (Å²) in [5.41, 5.74) is 2.35. The number of aryl methyl sites for hydroxylation is 1. The third kappa shape index (κ3) is 3.29. The number of rotatable bonds is 7. The average Bonchev–Trinajstić information content (AvgIpc) is 2.94. The van der Waals surface area contributed by atoms with E-state index >= 15 is 0 Å². The van der Waals surface area contributed by atoms with E-state index < -0.39 is 0 Å². The molecule has 0 fully saturated rings. The van der Waals surface area contributed by atoms with Crippen molar-refractivity contribution in [2.45, 2.75) is 32.7 Å². The SMILES string of the molecule is CCCCN(C)CCCn1cnc2c([nH]c3ccccc32)c1=O. The summed E-state index contributed by atoms with van der Waals surface area (Å²) in [5, 5.41) is 1.01. The second-order valence-electron chi connectivity index (χ2n) is 6.15. The summed E-state index contributed by atoms with van der Waals surface area (Å²) in [5.74, 6) is 0. The molecule has 3 aromatic rings.